The number of nitrogens with zero attached hydrogens (tertiary/aromatic N) is 2. The van der Waals surface area contributed by atoms with Crippen molar-refractivity contribution in [2.24, 2.45) is 0 Å². The first-order valence-electron chi connectivity index (χ1n) is 20.4. The van der Waals surface area contributed by atoms with Crippen molar-refractivity contribution in [1.29, 1.82) is 0 Å². The summed E-state index contributed by atoms with van der Waals surface area (Å²) in [6.07, 6.45) is 0. The zero-order valence-corrected chi connectivity index (χ0v) is 33.0. The molecule has 0 unspecified atom stereocenters. The monoisotopic (exact) mass is 752 g/mol. The van der Waals surface area contributed by atoms with E-state index >= 15 is 0 Å². The third kappa shape index (κ3) is 5.87. The molecule has 0 atom stereocenters. The number of aromatic nitrogens is 2. The van der Waals surface area contributed by atoms with E-state index in [1.165, 1.54) is 66.2 Å². The van der Waals surface area contributed by atoms with E-state index < -0.39 is 0 Å². The summed E-state index contributed by atoms with van der Waals surface area (Å²) in [5, 5.41) is 4.69. The van der Waals surface area contributed by atoms with Crippen molar-refractivity contribution in [3.8, 4) is 78.4 Å². The molecule has 0 saturated carbocycles. The van der Waals surface area contributed by atoms with Gasteiger partial charge in [-0.3, -0.25) is 0 Å². The van der Waals surface area contributed by atoms with Crippen LogP contribution >= 0.6 is 0 Å². The minimum atomic E-state index is -0.0991. The highest BCUT2D eigenvalue weighted by atomic mass is 14.9. The summed E-state index contributed by atoms with van der Waals surface area (Å²) < 4.78 is 0. The lowest BCUT2D eigenvalue weighted by Crippen LogP contribution is -2.16. The molecule has 11 rings (SSSR count). The predicted octanol–water partition coefficient (Wildman–Crippen LogP) is 15.1. The van der Waals surface area contributed by atoms with E-state index in [1.54, 1.807) is 0 Å². The normalized spacial score (nSPS) is 12.7. The van der Waals surface area contributed by atoms with Crippen LogP contribution in [0, 0.1) is 0 Å². The maximum atomic E-state index is 5.34. The van der Waals surface area contributed by atoms with Crippen LogP contribution in [0.3, 0.4) is 0 Å². The van der Waals surface area contributed by atoms with Crippen LogP contribution in [0.2, 0.25) is 0 Å². The molecule has 0 bridgehead atoms. The van der Waals surface area contributed by atoms with E-state index in [4.69, 9.17) is 9.97 Å². The minimum absolute atomic E-state index is 0.0991. The van der Waals surface area contributed by atoms with Gasteiger partial charge in [0.1, 0.15) is 0 Å². The van der Waals surface area contributed by atoms with Crippen molar-refractivity contribution in [3.05, 3.63) is 217 Å². The van der Waals surface area contributed by atoms with E-state index in [1.807, 2.05) is 0 Å². The molecule has 2 nitrogen and oxygen atoms in total. The lowest BCUT2D eigenvalue weighted by Gasteiger charge is -2.24. The molecule has 0 N–H and O–H groups in total. The Hall–Kier alpha value is -7.42. The van der Waals surface area contributed by atoms with Gasteiger partial charge < -0.3 is 0 Å². The molecule has 278 valence electrons. The van der Waals surface area contributed by atoms with Gasteiger partial charge in [-0.05, 0) is 89.3 Å². The quantitative estimate of drug-likeness (QED) is 0.169. The van der Waals surface area contributed by atoms with Crippen molar-refractivity contribution in [1.82, 2.24) is 9.97 Å². The first-order chi connectivity index (χ1) is 29.0. The van der Waals surface area contributed by atoms with E-state index in [2.05, 4.69) is 220 Å². The second kappa shape index (κ2) is 13.9. The molecular formula is C57H40N2. The summed E-state index contributed by atoms with van der Waals surface area (Å²) in [5.74, 6) is 0.700. The topological polar surface area (TPSA) is 25.8 Å². The zero-order valence-electron chi connectivity index (χ0n) is 33.0. The van der Waals surface area contributed by atoms with Crippen LogP contribution in [0.5, 0.6) is 0 Å². The lowest BCUT2D eigenvalue weighted by molar-refractivity contribution is 0.662. The molecule has 0 saturated heterocycles. The fraction of sp³-hybridized carbons (Fsp3) is 0.0526. The Bertz CT molecular complexity index is 3230. The maximum Gasteiger partial charge on any atom is 0.160 e. The molecule has 1 heterocycles. The SMILES string of the molecule is CC1(C)c2ccccc2-c2cccc(-c3cccc(-c4ccc(-c5cc(-c6cccc7ccccc67)nc(-c6ccc(-c7ccccc7)cc6)n5)c5ccccc45)c3)c21. The molecule has 59 heavy (non-hydrogen) atoms. The molecular weight excluding hydrogens is 713 g/mol. The van der Waals surface area contributed by atoms with Crippen molar-refractivity contribution in [2.75, 3.05) is 0 Å². The second-order valence-electron chi connectivity index (χ2n) is 16.1. The van der Waals surface area contributed by atoms with Gasteiger partial charge in [0.05, 0.1) is 11.4 Å². The van der Waals surface area contributed by atoms with Crippen molar-refractivity contribution in [2.45, 2.75) is 19.3 Å². The van der Waals surface area contributed by atoms with Crippen LogP contribution in [0.4, 0.5) is 0 Å². The second-order valence-corrected chi connectivity index (χ2v) is 16.1. The Morgan fingerprint density at radius 2 is 0.814 bits per heavy atom. The molecule has 0 spiro atoms. The lowest BCUT2D eigenvalue weighted by atomic mass is 9.78. The van der Waals surface area contributed by atoms with Crippen molar-refractivity contribution in [3.63, 3.8) is 0 Å². The molecule has 2 heteroatoms. The first-order valence-corrected chi connectivity index (χ1v) is 20.4. The number of rotatable bonds is 6. The largest absolute Gasteiger partial charge is 0.228 e. The van der Waals surface area contributed by atoms with Crippen LogP contribution in [-0.4, -0.2) is 9.97 Å². The van der Waals surface area contributed by atoms with Gasteiger partial charge in [-0.15, -0.1) is 0 Å². The van der Waals surface area contributed by atoms with Crippen LogP contribution in [0.25, 0.3) is 100.0 Å². The molecule has 0 fully saturated rings. The van der Waals surface area contributed by atoms with E-state index in [0.29, 0.717) is 5.82 Å². The van der Waals surface area contributed by atoms with Gasteiger partial charge in [0.2, 0.25) is 0 Å². The molecule has 0 radical (unpaired) electrons. The molecule has 10 aromatic rings. The van der Waals surface area contributed by atoms with Gasteiger partial charge in [-0.1, -0.05) is 208 Å². The average Bonchev–Trinajstić information content (AvgIpc) is 3.54. The number of hydrogen-bond donors (Lipinski definition) is 0. The highest BCUT2D eigenvalue weighted by molar-refractivity contribution is 6.06. The van der Waals surface area contributed by atoms with Crippen LogP contribution in [-0.2, 0) is 5.41 Å². The van der Waals surface area contributed by atoms with Crippen molar-refractivity contribution >= 4 is 21.5 Å². The first kappa shape index (κ1) is 34.8. The van der Waals surface area contributed by atoms with Gasteiger partial charge >= 0.3 is 0 Å². The highest BCUT2D eigenvalue weighted by Crippen LogP contribution is 2.52. The summed E-state index contributed by atoms with van der Waals surface area (Å²) >= 11 is 0. The third-order valence-corrected chi connectivity index (χ3v) is 12.3. The molecule has 9 aromatic carbocycles. The van der Waals surface area contributed by atoms with Crippen molar-refractivity contribution < 1.29 is 0 Å². The van der Waals surface area contributed by atoms with E-state index in [-0.39, 0.29) is 5.41 Å². The maximum absolute atomic E-state index is 5.34. The summed E-state index contributed by atoms with van der Waals surface area (Å²) in [7, 11) is 0. The predicted molar refractivity (Wildman–Crippen MR) is 247 cm³/mol. The molecule has 0 amide bonds. The number of hydrogen-bond acceptors (Lipinski definition) is 2. The van der Waals surface area contributed by atoms with Gasteiger partial charge in [0.25, 0.3) is 0 Å². The molecule has 1 aliphatic carbocycles. The summed E-state index contributed by atoms with van der Waals surface area (Å²) in [6.45, 7) is 4.72. The van der Waals surface area contributed by atoms with Crippen LogP contribution < -0.4 is 0 Å². The summed E-state index contributed by atoms with van der Waals surface area (Å²) in [4.78, 5) is 10.6. The number of benzene rings is 9. The fourth-order valence-electron chi connectivity index (χ4n) is 9.46. The summed E-state index contributed by atoms with van der Waals surface area (Å²) in [5.41, 5.74) is 17.5. The molecule has 0 aliphatic heterocycles. The highest BCUT2D eigenvalue weighted by Gasteiger charge is 2.37. The Labute approximate surface area is 345 Å². The van der Waals surface area contributed by atoms with Gasteiger partial charge in [-0.2, -0.15) is 0 Å². The Kier molecular flexibility index (Phi) is 8.20. The number of fused-ring (bicyclic) bond motifs is 5. The van der Waals surface area contributed by atoms with Gasteiger partial charge in [0, 0.05) is 22.1 Å². The third-order valence-electron chi connectivity index (χ3n) is 12.3. The Morgan fingerprint density at radius 1 is 0.322 bits per heavy atom. The minimum Gasteiger partial charge on any atom is -0.228 e. The molecule has 1 aromatic heterocycles. The smallest absolute Gasteiger partial charge is 0.160 e. The average molecular weight is 753 g/mol. The Morgan fingerprint density at radius 3 is 1.61 bits per heavy atom. The van der Waals surface area contributed by atoms with E-state index in [0.717, 1.165) is 39.0 Å². The van der Waals surface area contributed by atoms with Gasteiger partial charge in [0.15, 0.2) is 5.82 Å². The zero-order chi connectivity index (χ0) is 39.5. The van der Waals surface area contributed by atoms with Crippen LogP contribution in [0.1, 0.15) is 25.0 Å². The van der Waals surface area contributed by atoms with E-state index in [9.17, 15) is 0 Å². The summed E-state index contributed by atoms with van der Waals surface area (Å²) in [6, 6.07) is 74.3. The standard InChI is InChI=1S/C57H40N2/c1-57(2)52-28-11-10-24-48(52)51-27-14-25-45(55(51)57)42-20-12-19-41(35-42)44-33-34-50(47-23-9-8-22-46(44)47)54-36-53(49-26-13-18-39-17-6-7-21-43(39)49)58-56(59-54)40-31-29-38(30-32-40)37-15-4-3-5-16-37/h3-36H,1-2H3. The fourth-order valence-corrected chi connectivity index (χ4v) is 9.46. The van der Waals surface area contributed by atoms with Crippen LogP contribution in [0.15, 0.2) is 206 Å². The molecule has 1 aliphatic rings. The Balaban J connectivity index is 1.05. The van der Waals surface area contributed by atoms with Gasteiger partial charge in [-0.25, -0.2) is 9.97 Å².